The summed E-state index contributed by atoms with van der Waals surface area (Å²) in [7, 11) is 0. The Kier molecular flexibility index (Phi) is 13.8. The van der Waals surface area contributed by atoms with Crippen molar-refractivity contribution in [2.75, 3.05) is 9.80 Å². The Bertz CT molecular complexity index is 3740. The molecule has 13 aromatic rings. The second kappa shape index (κ2) is 22.6. The summed E-state index contributed by atoms with van der Waals surface area (Å²) < 4.78 is 0. The smallest absolute Gasteiger partial charge is 0.0473 e. The fourth-order valence-corrected chi connectivity index (χ4v) is 10.9. The molecule has 13 aromatic carbocycles. The zero-order valence-corrected chi connectivity index (χ0v) is 44.2. The van der Waals surface area contributed by atoms with Crippen LogP contribution in [0.5, 0.6) is 0 Å². The van der Waals surface area contributed by atoms with E-state index in [-0.39, 0.29) is 0 Å². The normalized spacial score (nSPS) is 11.0. The van der Waals surface area contributed by atoms with E-state index >= 15 is 0 Å². The minimum atomic E-state index is 1.08. The molecule has 0 aliphatic carbocycles. The Morgan fingerprint density at radius 3 is 0.450 bits per heavy atom. The summed E-state index contributed by atoms with van der Waals surface area (Å²) >= 11 is 0. The van der Waals surface area contributed by atoms with Gasteiger partial charge in [0.2, 0.25) is 0 Å². The van der Waals surface area contributed by atoms with Crippen LogP contribution < -0.4 is 9.80 Å². The molecule has 13 rings (SSSR count). The molecule has 0 aliphatic rings. The lowest BCUT2D eigenvalue weighted by Crippen LogP contribution is -2.10. The number of hydrogen-bond acceptors (Lipinski definition) is 2. The molecule has 0 saturated heterocycles. The van der Waals surface area contributed by atoms with E-state index in [0.717, 1.165) is 78.6 Å². The first-order valence-corrected chi connectivity index (χ1v) is 27.4. The van der Waals surface area contributed by atoms with Crippen molar-refractivity contribution in [3.8, 4) is 89.0 Å². The molecule has 0 spiro atoms. The summed E-state index contributed by atoms with van der Waals surface area (Å²) in [4.78, 5) is 4.76. The van der Waals surface area contributed by atoms with E-state index in [1.165, 1.54) is 44.5 Å². The second-order valence-corrected chi connectivity index (χ2v) is 20.2. The molecule has 0 amide bonds. The molecule has 0 aromatic heterocycles. The fraction of sp³-hybridized carbons (Fsp3) is 0. The average Bonchev–Trinajstić information content (AvgIpc) is 3.58. The van der Waals surface area contributed by atoms with Crippen molar-refractivity contribution >= 4 is 34.1 Å². The van der Waals surface area contributed by atoms with Gasteiger partial charge in [-0.2, -0.15) is 0 Å². The molecule has 0 atom stereocenters. The van der Waals surface area contributed by atoms with Crippen LogP contribution in [0.1, 0.15) is 0 Å². The minimum absolute atomic E-state index is 1.08. The highest BCUT2D eigenvalue weighted by Crippen LogP contribution is 2.43. The second-order valence-electron chi connectivity index (χ2n) is 20.2. The van der Waals surface area contributed by atoms with Gasteiger partial charge >= 0.3 is 0 Å². The van der Waals surface area contributed by atoms with Crippen molar-refractivity contribution in [2.45, 2.75) is 0 Å². The summed E-state index contributed by atoms with van der Waals surface area (Å²) in [5.74, 6) is 0. The maximum Gasteiger partial charge on any atom is 0.0473 e. The summed E-state index contributed by atoms with van der Waals surface area (Å²) in [6, 6.07) is 123. The molecule has 80 heavy (non-hydrogen) atoms. The molecule has 2 nitrogen and oxygen atoms in total. The average molecular weight is 1020 g/mol. The standard InChI is InChI=1S/C78H56N2/c1-7-19-57(20-8-1)65-35-43-73(44-36-65)79(77-53-69(59-23-11-3-12-24-59)51-70(54-77)60-25-13-4-14-26-60)75-47-39-67(40-48-75)63-31-33-64(34-32-63)68-41-49-76(50-42-68)80(74-45-37-66(38-46-74)58-21-9-2-10-22-58)78-55-71(61-27-15-5-16-28-61)52-72(56-78)62-29-17-6-18-30-62/h1-56H. The first-order chi connectivity index (χ1) is 39.6. The van der Waals surface area contributed by atoms with E-state index < -0.39 is 0 Å². The predicted octanol–water partition coefficient (Wildman–Crippen LogP) is 22.0. The summed E-state index contributed by atoms with van der Waals surface area (Å²) in [5, 5.41) is 0. The monoisotopic (exact) mass is 1020 g/mol. The van der Waals surface area contributed by atoms with Crippen molar-refractivity contribution in [3.63, 3.8) is 0 Å². The molecule has 0 radical (unpaired) electrons. The van der Waals surface area contributed by atoms with Crippen molar-refractivity contribution in [3.05, 3.63) is 340 Å². The molecule has 0 N–H and O–H groups in total. The quantitative estimate of drug-likeness (QED) is 0.107. The zero-order chi connectivity index (χ0) is 53.5. The highest BCUT2D eigenvalue weighted by Gasteiger charge is 2.19. The number of benzene rings is 13. The molecular weight excluding hydrogens is 965 g/mol. The molecule has 0 fully saturated rings. The van der Waals surface area contributed by atoms with E-state index in [1.807, 2.05) is 0 Å². The lowest BCUT2D eigenvalue weighted by Gasteiger charge is -2.27. The van der Waals surface area contributed by atoms with E-state index in [0.29, 0.717) is 0 Å². The summed E-state index contributed by atoms with van der Waals surface area (Å²) in [6.45, 7) is 0. The third kappa shape index (κ3) is 10.6. The van der Waals surface area contributed by atoms with Gasteiger partial charge in [0.05, 0.1) is 0 Å². The minimum Gasteiger partial charge on any atom is -0.310 e. The maximum absolute atomic E-state index is 2.38. The number of anilines is 6. The molecule has 0 saturated carbocycles. The van der Waals surface area contributed by atoms with Gasteiger partial charge in [0.1, 0.15) is 0 Å². The number of nitrogens with zero attached hydrogens (tertiary/aromatic N) is 2. The first kappa shape index (κ1) is 49.1. The van der Waals surface area contributed by atoms with Gasteiger partial charge in [0.15, 0.2) is 0 Å². The van der Waals surface area contributed by atoms with Gasteiger partial charge in [0, 0.05) is 34.1 Å². The molecule has 378 valence electrons. The largest absolute Gasteiger partial charge is 0.310 e. The third-order valence-corrected chi connectivity index (χ3v) is 15.0. The van der Waals surface area contributed by atoms with Crippen LogP contribution in [0, 0.1) is 0 Å². The van der Waals surface area contributed by atoms with E-state index in [9.17, 15) is 0 Å². The van der Waals surface area contributed by atoms with Crippen LogP contribution in [0.3, 0.4) is 0 Å². The third-order valence-electron chi connectivity index (χ3n) is 15.0. The SMILES string of the molecule is c1ccc(-c2ccc(N(c3ccc(-c4ccc(-c5ccc(N(c6ccc(-c7ccccc7)cc6)c6cc(-c7ccccc7)cc(-c7ccccc7)c6)cc5)cc4)cc3)c3cc(-c4ccccc4)cc(-c4ccccc4)c3)cc2)cc1. The summed E-state index contributed by atoms with van der Waals surface area (Å²) in [6.07, 6.45) is 0. The van der Waals surface area contributed by atoms with Crippen LogP contribution in [-0.4, -0.2) is 0 Å². The van der Waals surface area contributed by atoms with Crippen molar-refractivity contribution < 1.29 is 0 Å². The van der Waals surface area contributed by atoms with Crippen molar-refractivity contribution in [1.82, 2.24) is 0 Å². The Labute approximate surface area is 470 Å². The molecule has 0 bridgehead atoms. The lowest BCUT2D eigenvalue weighted by atomic mass is 9.96. The van der Waals surface area contributed by atoms with E-state index in [2.05, 4.69) is 350 Å². The predicted molar refractivity (Wildman–Crippen MR) is 339 cm³/mol. The van der Waals surface area contributed by atoms with Gasteiger partial charge in [-0.15, -0.1) is 0 Å². The number of rotatable bonds is 14. The van der Waals surface area contributed by atoms with Gasteiger partial charge in [-0.3, -0.25) is 0 Å². The van der Waals surface area contributed by atoms with Crippen LogP contribution in [0.4, 0.5) is 34.1 Å². The van der Waals surface area contributed by atoms with Gasteiger partial charge in [-0.25, -0.2) is 0 Å². The van der Waals surface area contributed by atoms with Gasteiger partial charge in [-0.1, -0.05) is 255 Å². The van der Waals surface area contributed by atoms with Crippen molar-refractivity contribution in [2.24, 2.45) is 0 Å². The number of hydrogen-bond donors (Lipinski definition) is 0. The molecule has 0 unspecified atom stereocenters. The molecular formula is C78H56N2. The van der Waals surface area contributed by atoms with Crippen LogP contribution in [0.15, 0.2) is 340 Å². The topological polar surface area (TPSA) is 6.48 Å². The van der Waals surface area contributed by atoms with Crippen LogP contribution in [-0.2, 0) is 0 Å². The van der Waals surface area contributed by atoms with Gasteiger partial charge in [-0.05, 0) is 174 Å². The maximum atomic E-state index is 2.38. The Morgan fingerprint density at radius 2 is 0.263 bits per heavy atom. The van der Waals surface area contributed by atoms with Crippen LogP contribution >= 0.6 is 0 Å². The van der Waals surface area contributed by atoms with E-state index in [4.69, 9.17) is 0 Å². The fourth-order valence-electron chi connectivity index (χ4n) is 10.9. The van der Waals surface area contributed by atoms with Crippen LogP contribution in [0.25, 0.3) is 89.0 Å². The first-order valence-electron chi connectivity index (χ1n) is 27.4. The van der Waals surface area contributed by atoms with Gasteiger partial charge in [0.25, 0.3) is 0 Å². The van der Waals surface area contributed by atoms with Gasteiger partial charge < -0.3 is 9.80 Å². The Balaban J connectivity index is 0.827. The lowest BCUT2D eigenvalue weighted by molar-refractivity contribution is 1.28. The zero-order valence-electron chi connectivity index (χ0n) is 44.2. The molecule has 2 heteroatoms. The van der Waals surface area contributed by atoms with E-state index in [1.54, 1.807) is 0 Å². The molecule has 0 heterocycles. The summed E-state index contributed by atoms with van der Waals surface area (Å²) in [5.41, 5.74) is 25.2. The highest BCUT2D eigenvalue weighted by atomic mass is 15.1. The Morgan fingerprint density at radius 1 is 0.113 bits per heavy atom. The molecule has 0 aliphatic heterocycles. The van der Waals surface area contributed by atoms with Crippen molar-refractivity contribution in [1.29, 1.82) is 0 Å². The Hall–Kier alpha value is -10.5. The highest BCUT2D eigenvalue weighted by molar-refractivity contribution is 5.88. The van der Waals surface area contributed by atoms with Crippen LogP contribution in [0.2, 0.25) is 0 Å².